The maximum absolute atomic E-state index is 5.16. The van der Waals surface area contributed by atoms with E-state index in [1.807, 2.05) is 6.07 Å². The van der Waals surface area contributed by atoms with E-state index in [0.29, 0.717) is 5.56 Å². The second kappa shape index (κ2) is 7.25. The van der Waals surface area contributed by atoms with Gasteiger partial charge in [0.15, 0.2) is 0 Å². The third-order valence-electron chi connectivity index (χ3n) is 1.16. The third kappa shape index (κ3) is 3.32. The first-order valence-electron chi connectivity index (χ1n) is 2.82. The van der Waals surface area contributed by atoms with Crippen LogP contribution in [0.4, 0.5) is 0 Å². The Morgan fingerprint density at radius 1 is 1.25 bits per heavy atom. The molecule has 0 heterocycles. The Kier molecular flexibility index (Phi) is 8.53. The Balaban J connectivity index is 0. The smallest absolute Gasteiger partial charge is 1.00 e. The first-order valence-corrected chi connectivity index (χ1v) is 2.82. The SMILES string of the molecule is C#Cc1[c-]cccc1C#C.[Br-].[Mg+2]. The van der Waals surface area contributed by atoms with Crippen molar-refractivity contribution in [3.05, 3.63) is 35.4 Å². The van der Waals surface area contributed by atoms with E-state index in [2.05, 4.69) is 17.9 Å². The summed E-state index contributed by atoms with van der Waals surface area (Å²) in [6.45, 7) is 0. The average Bonchev–Trinajstić information content (AvgIpc) is 2.04. The van der Waals surface area contributed by atoms with Gasteiger partial charge < -0.3 is 17.0 Å². The summed E-state index contributed by atoms with van der Waals surface area (Å²) in [7, 11) is 0. The molecule has 0 bridgehead atoms. The standard InChI is InChI=1S/C10H5.BrH.Mg/c1-3-9-7-5-6-8-10(9)4-2;;/h1-2,5-7H;1H;/q-1;;+2/p-1. The molecule has 0 saturated heterocycles. The van der Waals surface area contributed by atoms with Gasteiger partial charge in [-0.15, -0.1) is 36.6 Å². The van der Waals surface area contributed by atoms with Gasteiger partial charge in [-0.25, -0.2) is 0 Å². The average molecular weight is 229 g/mol. The minimum atomic E-state index is 0. The molecule has 0 saturated carbocycles. The summed E-state index contributed by atoms with van der Waals surface area (Å²) in [5.74, 6) is 4.92. The van der Waals surface area contributed by atoms with Crippen molar-refractivity contribution in [1.82, 2.24) is 0 Å². The second-order valence-electron chi connectivity index (χ2n) is 1.75. The minimum Gasteiger partial charge on any atom is -1.00 e. The van der Waals surface area contributed by atoms with Gasteiger partial charge in [-0.3, -0.25) is 0 Å². The molecule has 0 fully saturated rings. The zero-order valence-corrected chi connectivity index (χ0v) is 9.47. The van der Waals surface area contributed by atoms with Gasteiger partial charge in [-0.05, 0) is 0 Å². The van der Waals surface area contributed by atoms with Crippen molar-refractivity contribution >= 4 is 23.1 Å². The number of halogens is 1. The van der Waals surface area contributed by atoms with Crippen molar-refractivity contribution in [2.75, 3.05) is 0 Å². The van der Waals surface area contributed by atoms with Crippen LogP contribution < -0.4 is 17.0 Å². The molecule has 2 heteroatoms. The van der Waals surface area contributed by atoms with Gasteiger partial charge in [-0.1, -0.05) is 11.1 Å². The van der Waals surface area contributed by atoms with E-state index in [0.717, 1.165) is 5.56 Å². The molecule has 1 rings (SSSR count). The Morgan fingerprint density at radius 3 is 2.33 bits per heavy atom. The van der Waals surface area contributed by atoms with Crippen LogP contribution >= 0.6 is 0 Å². The molecule has 0 radical (unpaired) electrons. The Morgan fingerprint density at radius 2 is 1.92 bits per heavy atom. The topological polar surface area (TPSA) is 0 Å². The fourth-order valence-electron chi connectivity index (χ4n) is 0.677. The van der Waals surface area contributed by atoms with E-state index < -0.39 is 0 Å². The molecule has 1 aromatic rings. The van der Waals surface area contributed by atoms with Crippen molar-refractivity contribution in [3.8, 4) is 24.7 Å². The van der Waals surface area contributed by atoms with Gasteiger partial charge in [0.05, 0.1) is 0 Å². The van der Waals surface area contributed by atoms with Crippen LogP contribution in [-0.2, 0) is 0 Å². The van der Waals surface area contributed by atoms with Gasteiger partial charge in [0.25, 0.3) is 0 Å². The fourth-order valence-corrected chi connectivity index (χ4v) is 0.677. The number of hydrogen-bond donors (Lipinski definition) is 0. The number of hydrogen-bond acceptors (Lipinski definition) is 0. The normalized spacial score (nSPS) is 6.50. The van der Waals surface area contributed by atoms with Crippen LogP contribution in [0.3, 0.4) is 0 Å². The molecule has 0 amide bonds. The van der Waals surface area contributed by atoms with Crippen LogP contribution in [0.15, 0.2) is 18.2 Å². The van der Waals surface area contributed by atoms with E-state index in [1.165, 1.54) is 0 Å². The molecule has 1 aromatic carbocycles. The molecular weight excluding hydrogens is 224 g/mol. The Labute approximate surface area is 99.7 Å². The first-order chi connectivity index (χ1) is 4.88. The van der Waals surface area contributed by atoms with Gasteiger partial charge in [0.2, 0.25) is 0 Å². The summed E-state index contributed by atoms with van der Waals surface area (Å²) in [6, 6.07) is 8.22. The predicted octanol–water partition coefficient (Wildman–Crippen LogP) is -1.93. The van der Waals surface area contributed by atoms with Gasteiger partial charge in [0, 0.05) is 0 Å². The van der Waals surface area contributed by atoms with E-state index >= 15 is 0 Å². The number of rotatable bonds is 0. The van der Waals surface area contributed by atoms with Crippen LogP contribution in [0.1, 0.15) is 11.1 Å². The van der Waals surface area contributed by atoms with Crippen molar-refractivity contribution in [3.63, 3.8) is 0 Å². The molecule has 0 N–H and O–H groups in total. The van der Waals surface area contributed by atoms with E-state index in [4.69, 9.17) is 12.8 Å². The number of terminal acetylenes is 2. The largest absolute Gasteiger partial charge is 2.00 e. The van der Waals surface area contributed by atoms with Gasteiger partial charge in [0.1, 0.15) is 0 Å². The van der Waals surface area contributed by atoms with Crippen LogP contribution in [0.25, 0.3) is 0 Å². The number of benzene rings is 1. The Hall–Kier alpha value is -0.414. The molecule has 0 spiro atoms. The monoisotopic (exact) mass is 228 g/mol. The maximum atomic E-state index is 5.16. The Bertz CT molecular complexity index is 284. The third-order valence-corrected chi connectivity index (χ3v) is 1.16. The van der Waals surface area contributed by atoms with Crippen LogP contribution in [0.5, 0.6) is 0 Å². The van der Waals surface area contributed by atoms with Crippen LogP contribution in [0, 0.1) is 30.8 Å². The van der Waals surface area contributed by atoms with Crippen molar-refractivity contribution in [2.24, 2.45) is 0 Å². The fraction of sp³-hybridized carbons (Fsp3) is 0. The summed E-state index contributed by atoms with van der Waals surface area (Å²) in [5.41, 5.74) is 1.38. The minimum absolute atomic E-state index is 0. The summed E-state index contributed by atoms with van der Waals surface area (Å²) >= 11 is 0. The maximum Gasteiger partial charge on any atom is 2.00 e. The molecule has 0 atom stereocenters. The molecule has 0 unspecified atom stereocenters. The van der Waals surface area contributed by atoms with Crippen molar-refractivity contribution in [1.29, 1.82) is 0 Å². The summed E-state index contributed by atoms with van der Waals surface area (Å²) in [5, 5.41) is 0. The zero-order valence-electron chi connectivity index (χ0n) is 6.47. The first kappa shape index (κ1) is 14.1. The zero-order chi connectivity index (χ0) is 7.40. The molecule has 0 aromatic heterocycles. The van der Waals surface area contributed by atoms with Crippen molar-refractivity contribution in [2.45, 2.75) is 0 Å². The van der Waals surface area contributed by atoms with Gasteiger partial charge >= 0.3 is 23.1 Å². The molecule has 12 heavy (non-hydrogen) atoms. The molecular formula is C10H5BrMg. The van der Waals surface area contributed by atoms with E-state index in [1.54, 1.807) is 12.1 Å². The van der Waals surface area contributed by atoms with Crippen molar-refractivity contribution < 1.29 is 17.0 Å². The van der Waals surface area contributed by atoms with E-state index in [9.17, 15) is 0 Å². The van der Waals surface area contributed by atoms with Crippen LogP contribution in [0.2, 0.25) is 0 Å². The molecule has 0 nitrogen and oxygen atoms in total. The summed E-state index contributed by atoms with van der Waals surface area (Å²) in [4.78, 5) is 0. The molecule has 0 aliphatic carbocycles. The molecule has 0 aliphatic heterocycles. The second-order valence-corrected chi connectivity index (χ2v) is 1.75. The van der Waals surface area contributed by atoms with Gasteiger partial charge in [-0.2, -0.15) is 12.3 Å². The summed E-state index contributed by atoms with van der Waals surface area (Å²) < 4.78 is 0. The summed E-state index contributed by atoms with van der Waals surface area (Å²) in [6.07, 6.45) is 10.3. The van der Waals surface area contributed by atoms with E-state index in [-0.39, 0.29) is 40.0 Å². The van der Waals surface area contributed by atoms with Crippen LogP contribution in [-0.4, -0.2) is 23.1 Å². The predicted molar refractivity (Wildman–Crippen MR) is 46.9 cm³/mol. The molecule has 54 valence electrons. The quantitative estimate of drug-likeness (QED) is 0.276. The molecule has 0 aliphatic rings.